The standard InChI is InChI=1S/C5H9NO/c6-5-1-4(5)2-7-3-5/h4H,1-3,6H2/t4-,5-/m1/s1. The summed E-state index contributed by atoms with van der Waals surface area (Å²) in [6.07, 6.45) is 1.20. The Bertz CT molecular complexity index is 102. The zero-order valence-electron chi connectivity index (χ0n) is 4.18. The minimum Gasteiger partial charge on any atom is -0.379 e. The maximum Gasteiger partial charge on any atom is 0.0650 e. The van der Waals surface area contributed by atoms with Gasteiger partial charge in [-0.15, -0.1) is 0 Å². The van der Waals surface area contributed by atoms with Crippen LogP contribution in [0.4, 0.5) is 0 Å². The quantitative estimate of drug-likeness (QED) is 0.454. The van der Waals surface area contributed by atoms with Gasteiger partial charge in [-0.1, -0.05) is 0 Å². The molecule has 0 radical (unpaired) electrons. The molecule has 0 aromatic heterocycles. The first-order valence-electron chi connectivity index (χ1n) is 2.68. The van der Waals surface area contributed by atoms with Crippen LogP contribution in [0.1, 0.15) is 6.42 Å². The maximum absolute atomic E-state index is 5.73. The van der Waals surface area contributed by atoms with Crippen LogP contribution in [0.15, 0.2) is 0 Å². The maximum atomic E-state index is 5.73. The minimum absolute atomic E-state index is 0.139. The predicted octanol–water partition coefficient (Wildman–Crippen LogP) is -0.266. The molecule has 0 spiro atoms. The molecule has 2 nitrogen and oxygen atoms in total. The summed E-state index contributed by atoms with van der Waals surface area (Å²) < 4.78 is 5.08. The fourth-order valence-electron chi connectivity index (χ4n) is 1.19. The molecule has 0 amide bonds. The van der Waals surface area contributed by atoms with Crippen molar-refractivity contribution in [3.05, 3.63) is 0 Å². The summed E-state index contributed by atoms with van der Waals surface area (Å²) >= 11 is 0. The molecule has 40 valence electrons. The van der Waals surface area contributed by atoms with E-state index in [1.165, 1.54) is 6.42 Å². The van der Waals surface area contributed by atoms with Crippen molar-refractivity contribution in [3.8, 4) is 0 Å². The van der Waals surface area contributed by atoms with Crippen molar-refractivity contribution in [2.24, 2.45) is 11.7 Å². The number of fused-ring (bicyclic) bond motifs is 1. The molecule has 0 aromatic rings. The number of hydrogen-bond donors (Lipinski definition) is 1. The lowest BCUT2D eigenvalue weighted by molar-refractivity contribution is 0.161. The average Bonchev–Trinajstić information content (AvgIpc) is 2.09. The smallest absolute Gasteiger partial charge is 0.0650 e. The number of rotatable bonds is 0. The predicted molar refractivity (Wildman–Crippen MR) is 25.8 cm³/mol. The van der Waals surface area contributed by atoms with E-state index in [2.05, 4.69) is 0 Å². The molecule has 1 saturated heterocycles. The zero-order valence-corrected chi connectivity index (χ0v) is 4.18. The highest BCUT2D eigenvalue weighted by molar-refractivity contribution is 5.11. The topological polar surface area (TPSA) is 35.2 Å². The Hall–Kier alpha value is -0.0800. The van der Waals surface area contributed by atoms with Crippen LogP contribution >= 0.6 is 0 Å². The van der Waals surface area contributed by atoms with Crippen LogP contribution in [-0.2, 0) is 4.74 Å². The monoisotopic (exact) mass is 99.1 g/mol. The van der Waals surface area contributed by atoms with Gasteiger partial charge in [0, 0.05) is 11.5 Å². The summed E-state index contributed by atoms with van der Waals surface area (Å²) in [5, 5.41) is 0. The molecule has 2 N–H and O–H groups in total. The molecular formula is C5H9NO. The van der Waals surface area contributed by atoms with Crippen molar-refractivity contribution in [2.45, 2.75) is 12.0 Å². The highest BCUT2D eigenvalue weighted by atomic mass is 16.5. The van der Waals surface area contributed by atoms with Gasteiger partial charge in [0.25, 0.3) is 0 Å². The Labute approximate surface area is 42.6 Å². The van der Waals surface area contributed by atoms with Crippen LogP contribution < -0.4 is 5.73 Å². The fraction of sp³-hybridized carbons (Fsp3) is 1.00. The third-order valence-corrected chi connectivity index (χ3v) is 1.97. The van der Waals surface area contributed by atoms with Crippen molar-refractivity contribution in [1.29, 1.82) is 0 Å². The van der Waals surface area contributed by atoms with E-state index in [1.807, 2.05) is 0 Å². The lowest BCUT2D eigenvalue weighted by atomic mass is 10.3. The molecule has 2 rings (SSSR count). The van der Waals surface area contributed by atoms with Crippen molar-refractivity contribution < 1.29 is 4.74 Å². The van der Waals surface area contributed by atoms with Crippen LogP contribution in [0.2, 0.25) is 0 Å². The summed E-state index contributed by atoms with van der Waals surface area (Å²) in [5.74, 6) is 0.715. The van der Waals surface area contributed by atoms with Gasteiger partial charge >= 0.3 is 0 Å². The summed E-state index contributed by atoms with van der Waals surface area (Å²) in [6, 6.07) is 0. The van der Waals surface area contributed by atoms with Crippen LogP contribution in [0, 0.1) is 5.92 Å². The SMILES string of the molecule is N[C@]12COC[C@H]1C2. The van der Waals surface area contributed by atoms with Crippen LogP contribution in [0.25, 0.3) is 0 Å². The van der Waals surface area contributed by atoms with Crippen LogP contribution in [0.5, 0.6) is 0 Å². The highest BCUT2D eigenvalue weighted by Gasteiger charge is 2.55. The molecule has 0 bridgehead atoms. The lowest BCUT2D eigenvalue weighted by Gasteiger charge is -1.97. The molecular weight excluding hydrogens is 90.1 g/mol. The number of ether oxygens (including phenoxy) is 1. The van der Waals surface area contributed by atoms with Gasteiger partial charge in [-0.25, -0.2) is 0 Å². The molecule has 0 aromatic carbocycles. The van der Waals surface area contributed by atoms with Crippen molar-refractivity contribution in [2.75, 3.05) is 13.2 Å². The summed E-state index contributed by atoms with van der Waals surface area (Å²) in [4.78, 5) is 0. The van der Waals surface area contributed by atoms with Crippen LogP contribution in [-0.4, -0.2) is 18.8 Å². The molecule has 2 fully saturated rings. The van der Waals surface area contributed by atoms with E-state index in [0.717, 1.165) is 13.2 Å². The lowest BCUT2D eigenvalue weighted by Crippen LogP contribution is -2.25. The summed E-state index contributed by atoms with van der Waals surface area (Å²) in [7, 11) is 0. The third-order valence-electron chi connectivity index (χ3n) is 1.97. The van der Waals surface area contributed by atoms with Gasteiger partial charge in [-0.3, -0.25) is 0 Å². The second-order valence-corrected chi connectivity index (χ2v) is 2.65. The van der Waals surface area contributed by atoms with E-state index in [4.69, 9.17) is 10.5 Å². The molecule has 1 aliphatic heterocycles. The van der Waals surface area contributed by atoms with Crippen molar-refractivity contribution >= 4 is 0 Å². The fourth-order valence-corrected chi connectivity index (χ4v) is 1.19. The van der Waals surface area contributed by atoms with Crippen LogP contribution in [0.3, 0.4) is 0 Å². The summed E-state index contributed by atoms with van der Waals surface area (Å²) in [5.41, 5.74) is 5.87. The molecule has 7 heavy (non-hydrogen) atoms. The Morgan fingerprint density at radius 2 is 2.57 bits per heavy atom. The highest BCUT2D eigenvalue weighted by Crippen LogP contribution is 2.45. The number of hydrogen-bond acceptors (Lipinski definition) is 2. The van der Waals surface area contributed by atoms with Gasteiger partial charge in [-0.2, -0.15) is 0 Å². The van der Waals surface area contributed by atoms with Gasteiger partial charge < -0.3 is 10.5 Å². The normalized spacial score (nSPS) is 57.0. The van der Waals surface area contributed by atoms with Gasteiger partial charge in [0.05, 0.1) is 13.2 Å². The van der Waals surface area contributed by atoms with Gasteiger partial charge in [0.15, 0.2) is 0 Å². The molecule has 1 heterocycles. The molecule has 1 aliphatic carbocycles. The molecule has 2 heteroatoms. The second kappa shape index (κ2) is 0.858. The molecule has 2 aliphatic rings. The largest absolute Gasteiger partial charge is 0.379 e. The average molecular weight is 99.1 g/mol. The first-order valence-corrected chi connectivity index (χ1v) is 2.68. The van der Waals surface area contributed by atoms with Crippen molar-refractivity contribution in [1.82, 2.24) is 0 Å². The van der Waals surface area contributed by atoms with E-state index >= 15 is 0 Å². The van der Waals surface area contributed by atoms with E-state index < -0.39 is 0 Å². The Morgan fingerprint density at radius 3 is 2.71 bits per heavy atom. The Kier molecular flexibility index (Phi) is 0.474. The van der Waals surface area contributed by atoms with E-state index in [0.29, 0.717) is 5.92 Å². The Morgan fingerprint density at radius 1 is 1.71 bits per heavy atom. The number of nitrogens with two attached hydrogens (primary N) is 1. The van der Waals surface area contributed by atoms with Gasteiger partial charge in [0.2, 0.25) is 0 Å². The third kappa shape index (κ3) is 0.359. The van der Waals surface area contributed by atoms with E-state index in [1.54, 1.807) is 0 Å². The van der Waals surface area contributed by atoms with Gasteiger partial charge in [-0.05, 0) is 6.42 Å². The molecule has 0 unspecified atom stereocenters. The first kappa shape index (κ1) is 3.87. The summed E-state index contributed by atoms with van der Waals surface area (Å²) in [6.45, 7) is 1.72. The van der Waals surface area contributed by atoms with E-state index in [9.17, 15) is 0 Å². The van der Waals surface area contributed by atoms with E-state index in [-0.39, 0.29) is 5.54 Å². The van der Waals surface area contributed by atoms with Gasteiger partial charge in [0.1, 0.15) is 0 Å². The Balaban J connectivity index is 2.17. The molecule has 1 saturated carbocycles. The first-order chi connectivity index (χ1) is 3.31. The van der Waals surface area contributed by atoms with Crippen molar-refractivity contribution in [3.63, 3.8) is 0 Å². The second-order valence-electron chi connectivity index (χ2n) is 2.65. The minimum atomic E-state index is 0.139. The zero-order chi connectivity index (χ0) is 4.91. The molecule has 2 atom stereocenters.